The Bertz CT molecular complexity index is 457. The molecule has 1 heterocycles. The highest BCUT2D eigenvalue weighted by molar-refractivity contribution is 5.56. The van der Waals surface area contributed by atoms with Crippen LogP contribution >= 0.6 is 0 Å². The van der Waals surface area contributed by atoms with E-state index < -0.39 is 0 Å². The van der Waals surface area contributed by atoms with E-state index in [2.05, 4.69) is 20.7 Å². The number of hydrogen-bond donors (Lipinski definition) is 4. The molecule has 1 aliphatic carbocycles. The second-order valence-electron chi connectivity index (χ2n) is 5.68. The zero-order chi connectivity index (χ0) is 14.6. The predicted octanol–water partition coefficient (Wildman–Crippen LogP) is 1.60. The van der Waals surface area contributed by atoms with Crippen LogP contribution in [0.1, 0.15) is 44.0 Å². The van der Waals surface area contributed by atoms with Gasteiger partial charge in [0.1, 0.15) is 17.5 Å². The van der Waals surface area contributed by atoms with Gasteiger partial charge in [-0.05, 0) is 19.8 Å². The minimum absolute atomic E-state index is 0.0000739. The molecule has 2 rings (SSSR count). The molecule has 1 aliphatic rings. The Labute approximate surface area is 120 Å². The lowest BCUT2D eigenvalue weighted by atomic mass is 9.87. The van der Waals surface area contributed by atoms with E-state index in [0.717, 1.165) is 43.0 Å². The van der Waals surface area contributed by atoms with Gasteiger partial charge < -0.3 is 15.8 Å². The lowest BCUT2D eigenvalue weighted by Gasteiger charge is -2.27. The Balaban J connectivity index is 2.16. The normalized spacial score (nSPS) is 17.2. The van der Waals surface area contributed by atoms with E-state index in [1.54, 1.807) is 0 Å². The Hall–Kier alpha value is -1.40. The summed E-state index contributed by atoms with van der Waals surface area (Å²) < 4.78 is 0. The summed E-state index contributed by atoms with van der Waals surface area (Å²) in [6.07, 6.45) is 5.29. The zero-order valence-electron chi connectivity index (χ0n) is 12.4. The standard InChI is InChI=1S/C14H25N5O/c1-3-11-17-12(10(2)13(18-11)19-15)16-8-14(9-20)6-4-5-7-14/h20H,3-9,15H2,1-2H3,(H2,16,17,18,19). The molecule has 0 saturated heterocycles. The van der Waals surface area contributed by atoms with Crippen LogP contribution in [0, 0.1) is 12.3 Å². The molecule has 0 amide bonds. The Kier molecular flexibility index (Phi) is 4.77. The average molecular weight is 279 g/mol. The minimum atomic E-state index is 0.0000739. The third-order valence-electron chi connectivity index (χ3n) is 4.28. The van der Waals surface area contributed by atoms with Gasteiger partial charge in [-0.15, -0.1) is 0 Å². The minimum Gasteiger partial charge on any atom is -0.396 e. The van der Waals surface area contributed by atoms with Crippen LogP contribution < -0.4 is 16.6 Å². The zero-order valence-corrected chi connectivity index (χ0v) is 12.4. The van der Waals surface area contributed by atoms with Crippen LogP contribution in [0.4, 0.5) is 11.6 Å². The number of nitrogen functional groups attached to an aromatic ring is 1. The van der Waals surface area contributed by atoms with Gasteiger partial charge in [0.2, 0.25) is 0 Å². The van der Waals surface area contributed by atoms with Gasteiger partial charge in [0.15, 0.2) is 0 Å². The first-order chi connectivity index (χ1) is 9.64. The SMILES string of the molecule is CCc1nc(NN)c(C)c(NCC2(CO)CCCC2)n1. The maximum atomic E-state index is 9.66. The Morgan fingerprint density at radius 3 is 2.45 bits per heavy atom. The van der Waals surface area contributed by atoms with E-state index in [0.29, 0.717) is 5.82 Å². The first-order valence-electron chi connectivity index (χ1n) is 7.33. The molecule has 1 aromatic rings. The Morgan fingerprint density at radius 1 is 1.25 bits per heavy atom. The van der Waals surface area contributed by atoms with E-state index >= 15 is 0 Å². The molecule has 0 bridgehead atoms. The van der Waals surface area contributed by atoms with Crippen LogP contribution in [0.15, 0.2) is 0 Å². The van der Waals surface area contributed by atoms with Gasteiger partial charge in [0.05, 0.1) is 6.61 Å². The van der Waals surface area contributed by atoms with E-state index in [4.69, 9.17) is 5.84 Å². The number of hydrazine groups is 1. The van der Waals surface area contributed by atoms with Crippen molar-refractivity contribution in [2.45, 2.75) is 46.0 Å². The number of hydrogen-bond acceptors (Lipinski definition) is 6. The molecule has 0 atom stereocenters. The van der Waals surface area contributed by atoms with Crippen LogP contribution in [0.3, 0.4) is 0 Å². The predicted molar refractivity (Wildman–Crippen MR) is 80.4 cm³/mol. The first kappa shape index (κ1) is 15.0. The number of nitrogens with zero attached hydrogens (tertiary/aromatic N) is 2. The molecule has 0 aliphatic heterocycles. The van der Waals surface area contributed by atoms with Crippen LogP contribution in [-0.2, 0) is 6.42 Å². The summed E-state index contributed by atoms with van der Waals surface area (Å²) in [5, 5.41) is 13.0. The van der Waals surface area contributed by atoms with E-state index in [1.807, 2.05) is 13.8 Å². The van der Waals surface area contributed by atoms with Gasteiger partial charge in [-0.1, -0.05) is 19.8 Å². The van der Waals surface area contributed by atoms with E-state index in [9.17, 15) is 5.11 Å². The summed E-state index contributed by atoms with van der Waals surface area (Å²) in [4.78, 5) is 8.88. The number of aromatic nitrogens is 2. The highest BCUT2D eigenvalue weighted by Gasteiger charge is 2.33. The molecule has 6 nitrogen and oxygen atoms in total. The molecule has 1 aromatic heterocycles. The van der Waals surface area contributed by atoms with Crippen LogP contribution in [0.5, 0.6) is 0 Å². The number of nitrogens with two attached hydrogens (primary N) is 1. The lowest BCUT2D eigenvalue weighted by Crippen LogP contribution is -2.31. The topological polar surface area (TPSA) is 96.1 Å². The molecule has 1 fully saturated rings. The first-order valence-corrected chi connectivity index (χ1v) is 7.33. The van der Waals surface area contributed by atoms with Crippen molar-refractivity contribution < 1.29 is 5.11 Å². The third-order valence-corrected chi connectivity index (χ3v) is 4.28. The number of aliphatic hydroxyl groups is 1. The second-order valence-corrected chi connectivity index (χ2v) is 5.68. The molecule has 5 N–H and O–H groups in total. The number of aryl methyl sites for hydroxylation is 1. The molecule has 0 aromatic carbocycles. The average Bonchev–Trinajstić information content (AvgIpc) is 2.95. The van der Waals surface area contributed by atoms with Crippen molar-refractivity contribution in [2.24, 2.45) is 11.3 Å². The van der Waals surface area contributed by atoms with E-state index in [-0.39, 0.29) is 12.0 Å². The van der Waals surface area contributed by atoms with Crippen LogP contribution in [-0.4, -0.2) is 28.2 Å². The number of anilines is 2. The van der Waals surface area contributed by atoms with Gasteiger partial charge in [-0.2, -0.15) is 0 Å². The van der Waals surface area contributed by atoms with Crippen LogP contribution in [0.25, 0.3) is 0 Å². The van der Waals surface area contributed by atoms with E-state index in [1.165, 1.54) is 12.8 Å². The molecule has 6 heteroatoms. The number of nitrogens with one attached hydrogen (secondary N) is 2. The second kappa shape index (κ2) is 6.37. The third kappa shape index (κ3) is 3.02. The smallest absolute Gasteiger partial charge is 0.148 e. The fraction of sp³-hybridized carbons (Fsp3) is 0.714. The summed E-state index contributed by atoms with van der Waals surface area (Å²) in [5.74, 6) is 7.73. The van der Waals surface area contributed by atoms with Gasteiger partial charge in [0.25, 0.3) is 0 Å². The summed E-state index contributed by atoms with van der Waals surface area (Å²) in [6, 6.07) is 0. The Morgan fingerprint density at radius 2 is 1.90 bits per heavy atom. The molecule has 20 heavy (non-hydrogen) atoms. The highest BCUT2D eigenvalue weighted by atomic mass is 16.3. The monoisotopic (exact) mass is 279 g/mol. The maximum absolute atomic E-state index is 9.66. The van der Waals surface area contributed by atoms with Crippen molar-refractivity contribution in [3.8, 4) is 0 Å². The highest BCUT2D eigenvalue weighted by Crippen LogP contribution is 2.37. The molecule has 112 valence electrons. The molecule has 0 unspecified atom stereocenters. The molecule has 0 spiro atoms. The van der Waals surface area contributed by atoms with Crippen molar-refractivity contribution >= 4 is 11.6 Å². The molecule has 1 saturated carbocycles. The van der Waals surface area contributed by atoms with Crippen molar-refractivity contribution in [3.05, 3.63) is 11.4 Å². The molecular weight excluding hydrogens is 254 g/mol. The lowest BCUT2D eigenvalue weighted by molar-refractivity contribution is 0.142. The summed E-state index contributed by atoms with van der Waals surface area (Å²) in [5.41, 5.74) is 3.53. The largest absolute Gasteiger partial charge is 0.396 e. The quantitative estimate of drug-likeness (QED) is 0.466. The fourth-order valence-electron chi connectivity index (χ4n) is 2.82. The van der Waals surface area contributed by atoms with Gasteiger partial charge in [0, 0.05) is 23.9 Å². The summed E-state index contributed by atoms with van der Waals surface area (Å²) >= 11 is 0. The van der Waals surface area contributed by atoms with Gasteiger partial charge in [-0.3, -0.25) is 0 Å². The molecule has 0 radical (unpaired) electrons. The van der Waals surface area contributed by atoms with Crippen molar-refractivity contribution in [1.82, 2.24) is 9.97 Å². The maximum Gasteiger partial charge on any atom is 0.148 e. The van der Waals surface area contributed by atoms with Crippen molar-refractivity contribution in [3.63, 3.8) is 0 Å². The van der Waals surface area contributed by atoms with Gasteiger partial charge in [-0.25, -0.2) is 15.8 Å². The van der Waals surface area contributed by atoms with Crippen molar-refractivity contribution in [2.75, 3.05) is 23.9 Å². The number of rotatable bonds is 6. The fourth-order valence-corrected chi connectivity index (χ4v) is 2.82. The van der Waals surface area contributed by atoms with Crippen molar-refractivity contribution in [1.29, 1.82) is 0 Å². The molecular formula is C14H25N5O. The summed E-state index contributed by atoms with van der Waals surface area (Å²) in [6.45, 7) is 4.93. The van der Waals surface area contributed by atoms with Gasteiger partial charge >= 0.3 is 0 Å². The number of aliphatic hydroxyl groups excluding tert-OH is 1. The van der Waals surface area contributed by atoms with Crippen LogP contribution in [0.2, 0.25) is 0 Å². The summed E-state index contributed by atoms with van der Waals surface area (Å²) in [7, 11) is 0.